The first-order chi connectivity index (χ1) is 13.5. The number of thioether (sulfide) groups is 1. The summed E-state index contributed by atoms with van der Waals surface area (Å²) in [6.45, 7) is 3.25. The number of piperidine rings is 1. The van der Waals surface area contributed by atoms with Gasteiger partial charge in [0.1, 0.15) is 18.4 Å². The summed E-state index contributed by atoms with van der Waals surface area (Å²) in [5, 5.41) is 8.09. The van der Waals surface area contributed by atoms with Gasteiger partial charge in [0.15, 0.2) is 6.61 Å². The maximum Gasteiger partial charge on any atom is 0.294 e. The second-order valence-corrected chi connectivity index (χ2v) is 7.84. The van der Waals surface area contributed by atoms with E-state index in [2.05, 4.69) is 6.92 Å². The second-order valence-electron chi connectivity index (χ2n) is 6.85. The molecule has 0 spiro atoms. The van der Waals surface area contributed by atoms with E-state index in [1.165, 1.54) is 0 Å². The molecule has 7 nitrogen and oxygen atoms in total. The van der Waals surface area contributed by atoms with Crippen molar-refractivity contribution >= 4 is 34.9 Å². The van der Waals surface area contributed by atoms with Gasteiger partial charge >= 0.3 is 0 Å². The SMILES string of the molecule is CC1CCN(C(=O)CN2C(=O)S/C(=C\c3ccc(OCC#N)cc3)C2=O)CC1. The molecular weight excluding hydrogens is 378 g/mol. The number of rotatable bonds is 5. The Morgan fingerprint density at radius 2 is 1.96 bits per heavy atom. The molecule has 0 radical (unpaired) electrons. The highest BCUT2D eigenvalue weighted by atomic mass is 32.2. The Morgan fingerprint density at radius 1 is 1.29 bits per heavy atom. The minimum Gasteiger partial charge on any atom is -0.479 e. The van der Waals surface area contributed by atoms with E-state index in [1.54, 1.807) is 35.2 Å². The predicted octanol–water partition coefficient (Wildman–Crippen LogP) is 2.88. The Morgan fingerprint density at radius 3 is 2.61 bits per heavy atom. The number of carbonyl (C=O) groups excluding carboxylic acids is 3. The number of hydrogen-bond acceptors (Lipinski definition) is 6. The van der Waals surface area contributed by atoms with Gasteiger partial charge in [-0.1, -0.05) is 19.1 Å². The molecule has 0 bridgehead atoms. The van der Waals surface area contributed by atoms with Gasteiger partial charge in [0.2, 0.25) is 5.91 Å². The van der Waals surface area contributed by atoms with Crippen LogP contribution >= 0.6 is 11.8 Å². The topological polar surface area (TPSA) is 90.7 Å². The fourth-order valence-electron chi connectivity index (χ4n) is 3.06. The van der Waals surface area contributed by atoms with Crippen LogP contribution in [-0.2, 0) is 9.59 Å². The van der Waals surface area contributed by atoms with E-state index in [4.69, 9.17) is 10.00 Å². The molecule has 2 fully saturated rings. The highest BCUT2D eigenvalue weighted by Crippen LogP contribution is 2.32. The second kappa shape index (κ2) is 8.93. The van der Waals surface area contributed by atoms with Crippen LogP contribution < -0.4 is 4.74 Å². The van der Waals surface area contributed by atoms with E-state index >= 15 is 0 Å². The summed E-state index contributed by atoms with van der Waals surface area (Å²) >= 11 is 0.837. The Labute approximate surface area is 167 Å². The lowest BCUT2D eigenvalue weighted by Crippen LogP contribution is -2.45. The first kappa shape index (κ1) is 20.0. The standard InChI is InChI=1S/C20H21N3O4S/c1-14-6-9-22(10-7-14)18(24)13-23-19(25)17(28-20(23)26)12-15-2-4-16(5-3-15)27-11-8-21/h2-5,12,14H,6-7,9-11,13H2,1H3/b17-12-. The number of amides is 3. The van der Waals surface area contributed by atoms with E-state index in [0.29, 0.717) is 24.8 Å². The van der Waals surface area contributed by atoms with E-state index < -0.39 is 11.1 Å². The van der Waals surface area contributed by atoms with Gasteiger partial charge in [-0.05, 0) is 54.3 Å². The van der Waals surface area contributed by atoms with Crippen molar-refractivity contribution in [2.75, 3.05) is 26.2 Å². The molecule has 0 saturated carbocycles. The molecule has 0 aromatic heterocycles. The zero-order chi connectivity index (χ0) is 20.1. The van der Waals surface area contributed by atoms with Crippen LogP contribution in [0.4, 0.5) is 4.79 Å². The van der Waals surface area contributed by atoms with Crippen molar-refractivity contribution in [1.29, 1.82) is 5.26 Å². The number of ether oxygens (including phenoxy) is 1. The van der Waals surface area contributed by atoms with Gasteiger partial charge in [0.05, 0.1) is 4.91 Å². The Kier molecular flexibility index (Phi) is 6.37. The number of likely N-dealkylation sites (tertiary alicyclic amines) is 1. The van der Waals surface area contributed by atoms with E-state index in [9.17, 15) is 14.4 Å². The highest BCUT2D eigenvalue weighted by Gasteiger charge is 2.37. The maximum absolute atomic E-state index is 12.6. The third-order valence-corrected chi connectivity index (χ3v) is 5.69. The zero-order valence-electron chi connectivity index (χ0n) is 15.6. The molecule has 3 amide bonds. The fourth-order valence-corrected chi connectivity index (χ4v) is 3.90. The number of imide groups is 1. The third-order valence-electron chi connectivity index (χ3n) is 4.78. The molecule has 28 heavy (non-hydrogen) atoms. The fraction of sp³-hybridized carbons (Fsp3) is 0.400. The van der Waals surface area contributed by atoms with Crippen molar-refractivity contribution in [2.24, 2.45) is 5.92 Å². The van der Waals surface area contributed by atoms with Crippen LogP contribution in [0.2, 0.25) is 0 Å². The number of nitrogens with zero attached hydrogens (tertiary/aromatic N) is 3. The molecule has 146 valence electrons. The Balaban J connectivity index is 1.63. The molecular formula is C20H21N3O4S. The van der Waals surface area contributed by atoms with E-state index in [0.717, 1.165) is 35.1 Å². The molecule has 0 aliphatic carbocycles. The largest absolute Gasteiger partial charge is 0.479 e. The molecule has 0 atom stereocenters. The molecule has 2 saturated heterocycles. The molecule has 0 N–H and O–H groups in total. The number of benzene rings is 1. The molecule has 0 unspecified atom stereocenters. The summed E-state index contributed by atoms with van der Waals surface area (Å²) in [5.74, 6) is 0.516. The highest BCUT2D eigenvalue weighted by molar-refractivity contribution is 8.18. The monoisotopic (exact) mass is 399 g/mol. The smallest absolute Gasteiger partial charge is 0.294 e. The zero-order valence-corrected chi connectivity index (χ0v) is 16.4. The van der Waals surface area contributed by atoms with Crippen LogP contribution in [0.5, 0.6) is 5.75 Å². The first-order valence-electron chi connectivity index (χ1n) is 9.11. The third kappa shape index (κ3) is 4.73. The van der Waals surface area contributed by atoms with Crippen LogP contribution in [0.25, 0.3) is 6.08 Å². The van der Waals surface area contributed by atoms with Crippen LogP contribution in [0.15, 0.2) is 29.2 Å². The van der Waals surface area contributed by atoms with Gasteiger partial charge in [-0.25, -0.2) is 0 Å². The molecule has 1 aromatic rings. The average molecular weight is 399 g/mol. The lowest BCUT2D eigenvalue weighted by atomic mass is 9.99. The summed E-state index contributed by atoms with van der Waals surface area (Å²) in [4.78, 5) is 40.3. The van der Waals surface area contributed by atoms with E-state index in [-0.39, 0.29) is 24.0 Å². The molecule has 8 heteroatoms. The van der Waals surface area contributed by atoms with Gasteiger partial charge in [-0.2, -0.15) is 5.26 Å². The van der Waals surface area contributed by atoms with Crippen molar-refractivity contribution in [3.8, 4) is 11.8 Å². The van der Waals surface area contributed by atoms with Gasteiger partial charge < -0.3 is 9.64 Å². The van der Waals surface area contributed by atoms with Gasteiger partial charge in [0, 0.05) is 13.1 Å². The average Bonchev–Trinajstić information content (AvgIpc) is 2.95. The summed E-state index contributed by atoms with van der Waals surface area (Å²) < 4.78 is 5.18. The van der Waals surface area contributed by atoms with Crippen LogP contribution in [0.3, 0.4) is 0 Å². The van der Waals surface area contributed by atoms with Gasteiger partial charge in [-0.15, -0.1) is 0 Å². The van der Waals surface area contributed by atoms with Crippen LogP contribution in [0, 0.1) is 17.2 Å². The maximum atomic E-state index is 12.6. The number of carbonyl (C=O) groups is 3. The molecule has 2 aliphatic heterocycles. The summed E-state index contributed by atoms with van der Waals surface area (Å²) in [6.07, 6.45) is 3.51. The minimum absolute atomic E-state index is 0.0395. The lowest BCUT2D eigenvalue weighted by molar-refractivity contribution is -0.136. The Hall–Kier alpha value is -2.79. The molecule has 2 heterocycles. The van der Waals surface area contributed by atoms with Crippen molar-refractivity contribution in [3.05, 3.63) is 34.7 Å². The first-order valence-corrected chi connectivity index (χ1v) is 9.92. The number of hydrogen-bond donors (Lipinski definition) is 0. The molecule has 3 rings (SSSR count). The van der Waals surface area contributed by atoms with E-state index in [1.807, 2.05) is 6.07 Å². The quantitative estimate of drug-likeness (QED) is 0.707. The summed E-state index contributed by atoms with van der Waals surface area (Å²) in [6, 6.07) is 8.74. The summed E-state index contributed by atoms with van der Waals surface area (Å²) in [7, 11) is 0. The van der Waals surface area contributed by atoms with Crippen molar-refractivity contribution in [2.45, 2.75) is 19.8 Å². The van der Waals surface area contributed by atoms with Crippen molar-refractivity contribution in [1.82, 2.24) is 9.80 Å². The normalized spacial score (nSPS) is 19.2. The van der Waals surface area contributed by atoms with Gasteiger partial charge in [0.25, 0.3) is 11.1 Å². The van der Waals surface area contributed by atoms with Crippen molar-refractivity contribution in [3.63, 3.8) is 0 Å². The summed E-state index contributed by atoms with van der Waals surface area (Å²) in [5.41, 5.74) is 0.728. The predicted molar refractivity (Wildman–Crippen MR) is 105 cm³/mol. The van der Waals surface area contributed by atoms with Crippen molar-refractivity contribution < 1.29 is 19.1 Å². The van der Waals surface area contributed by atoms with Crippen LogP contribution in [0.1, 0.15) is 25.3 Å². The molecule has 2 aliphatic rings. The minimum atomic E-state index is -0.446. The Bertz CT molecular complexity index is 836. The van der Waals surface area contributed by atoms with Gasteiger partial charge in [-0.3, -0.25) is 19.3 Å². The molecule has 1 aromatic carbocycles. The lowest BCUT2D eigenvalue weighted by Gasteiger charge is -2.31. The number of nitriles is 1. The van der Waals surface area contributed by atoms with Crippen LogP contribution in [-0.4, -0.2) is 53.1 Å².